The van der Waals surface area contributed by atoms with Gasteiger partial charge in [0.25, 0.3) is 5.82 Å². The van der Waals surface area contributed by atoms with E-state index in [0.29, 0.717) is 19.8 Å². The molecule has 0 aliphatic rings. The smallest absolute Gasteiger partial charge is 0.418 e. The minimum absolute atomic E-state index is 0.630. The van der Waals surface area contributed by atoms with E-state index in [1.54, 1.807) is 0 Å². The number of hydrogen-bond acceptors (Lipinski definition) is 3. The molecule has 5 nitrogen and oxygen atoms in total. The first-order valence-electron chi connectivity index (χ1n) is 7.89. The SMILES string of the molecule is CCO[Si](CCn1cc[n+](C)c1C)(OCC)OCC.F[B-](F)(F)F. The van der Waals surface area contributed by atoms with Gasteiger partial charge in [0, 0.05) is 26.7 Å². The third kappa shape index (κ3) is 9.40. The maximum atomic E-state index is 9.75. The highest BCUT2D eigenvalue weighted by atomic mass is 28.4. The van der Waals surface area contributed by atoms with E-state index < -0.39 is 16.1 Å². The molecule has 24 heavy (non-hydrogen) atoms. The number of nitrogens with zero attached hydrogens (tertiary/aromatic N) is 2. The molecule has 0 aliphatic heterocycles. The zero-order valence-electron chi connectivity index (χ0n) is 14.9. The standard InChI is InChI=1S/C13H27N2O3Si.BF4/c1-6-16-19(17-7-2,18-8-3)12-11-15-10-9-14(5)13(15)4;2-1(3,4)5/h9-10H,6-8,11-12H2,1-5H3;/q+1;-1. The van der Waals surface area contributed by atoms with Crippen molar-refractivity contribution in [3.8, 4) is 0 Å². The second-order valence-electron chi connectivity index (χ2n) is 4.88. The van der Waals surface area contributed by atoms with Crippen molar-refractivity contribution < 1.29 is 35.1 Å². The summed E-state index contributed by atoms with van der Waals surface area (Å²) in [7, 11) is -6.48. The van der Waals surface area contributed by atoms with Crippen molar-refractivity contribution in [2.75, 3.05) is 19.8 Å². The molecule has 0 amide bonds. The van der Waals surface area contributed by atoms with E-state index in [2.05, 4.69) is 28.5 Å². The molecule has 0 fully saturated rings. The minimum atomic E-state index is -6.00. The van der Waals surface area contributed by atoms with Gasteiger partial charge in [-0.1, -0.05) is 0 Å². The molecular weight excluding hydrogens is 347 g/mol. The van der Waals surface area contributed by atoms with Crippen molar-refractivity contribution in [1.82, 2.24) is 4.57 Å². The van der Waals surface area contributed by atoms with Gasteiger partial charge in [-0.15, -0.1) is 0 Å². The van der Waals surface area contributed by atoms with Crippen LogP contribution in [0.5, 0.6) is 0 Å². The zero-order chi connectivity index (χ0) is 18.8. The molecule has 0 aromatic carbocycles. The van der Waals surface area contributed by atoms with E-state index in [1.165, 1.54) is 5.82 Å². The Morgan fingerprint density at radius 1 is 1.04 bits per heavy atom. The topological polar surface area (TPSA) is 36.5 Å². The Bertz CT molecular complexity index is 452. The first kappa shape index (κ1) is 23.1. The van der Waals surface area contributed by atoms with Gasteiger partial charge in [-0.25, -0.2) is 9.13 Å². The van der Waals surface area contributed by atoms with Gasteiger partial charge in [-0.05, 0) is 20.8 Å². The van der Waals surface area contributed by atoms with E-state index >= 15 is 0 Å². The summed E-state index contributed by atoms with van der Waals surface area (Å²) in [5.41, 5.74) is 0. The summed E-state index contributed by atoms with van der Waals surface area (Å²) in [5.74, 6) is 1.22. The molecule has 0 saturated carbocycles. The van der Waals surface area contributed by atoms with Crippen LogP contribution < -0.4 is 4.57 Å². The molecule has 0 atom stereocenters. The quantitative estimate of drug-likeness (QED) is 0.379. The Kier molecular flexibility index (Phi) is 10.4. The van der Waals surface area contributed by atoms with E-state index in [0.717, 1.165) is 12.6 Å². The van der Waals surface area contributed by atoms with Crippen LogP contribution in [0.4, 0.5) is 17.3 Å². The van der Waals surface area contributed by atoms with Gasteiger partial charge in [-0.3, -0.25) is 0 Å². The fourth-order valence-electron chi connectivity index (χ4n) is 2.09. The molecule has 0 N–H and O–H groups in total. The fourth-order valence-corrected chi connectivity index (χ4v) is 4.61. The van der Waals surface area contributed by atoms with Crippen LogP contribution in [0.25, 0.3) is 0 Å². The molecule has 1 rings (SSSR count). The van der Waals surface area contributed by atoms with Gasteiger partial charge in [0.05, 0.1) is 19.6 Å². The maximum Gasteiger partial charge on any atom is 0.673 e. The van der Waals surface area contributed by atoms with Crippen LogP contribution in [-0.4, -0.2) is 40.4 Å². The number of imidazole rings is 1. The second-order valence-corrected chi connectivity index (χ2v) is 7.61. The predicted molar refractivity (Wildman–Crippen MR) is 86.0 cm³/mol. The molecule has 0 saturated heterocycles. The van der Waals surface area contributed by atoms with Crippen molar-refractivity contribution >= 4 is 16.1 Å². The number of hydrogen-bond donors (Lipinski definition) is 0. The summed E-state index contributed by atoms with van der Waals surface area (Å²) in [4.78, 5) is 0. The van der Waals surface area contributed by atoms with Gasteiger partial charge in [0.15, 0.2) is 0 Å². The summed E-state index contributed by atoms with van der Waals surface area (Å²) in [5, 5.41) is 0. The second kappa shape index (κ2) is 10.9. The first-order chi connectivity index (χ1) is 11.1. The molecule has 1 aromatic heterocycles. The Morgan fingerprint density at radius 3 is 1.75 bits per heavy atom. The van der Waals surface area contributed by atoms with Crippen molar-refractivity contribution in [3.05, 3.63) is 18.2 Å². The van der Waals surface area contributed by atoms with Crippen molar-refractivity contribution in [2.45, 2.75) is 40.3 Å². The molecule has 1 heterocycles. The van der Waals surface area contributed by atoms with E-state index in [4.69, 9.17) is 13.3 Å². The highest BCUT2D eigenvalue weighted by molar-refractivity contribution is 6.60. The Balaban J connectivity index is 0.000000922. The molecule has 11 heteroatoms. The van der Waals surface area contributed by atoms with Crippen LogP contribution in [0.1, 0.15) is 26.6 Å². The molecule has 0 bridgehead atoms. The van der Waals surface area contributed by atoms with Crippen molar-refractivity contribution in [3.63, 3.8) is 0 Å². The third-order valence-corrected chi connectivity index (χ3v) is 6.17. The monoisotopic (exact) mass is 374 g/mol. The largest absolute Gasteiger partial charge is 0.673 e. The van der Waals surface area contributed by atoms with Crippen LogP contribution in [0.15, 0.2) is 12.4 Å². The lowest BCUT2D eigenvalue weighted by atomic mass is 10.3. The van der Waals surface area contributed by atoms with Crippen molar-refractivity contribution in [2.24, 2.45) is 7.05 Å². The predicted octanol–water partition coefficient (Wildman–Crippen LogP) is 2.97. The highest BCUT2D eigenvalue weighted by Gasteiger charge is 2.41. The number of rotatable bonds is 9. The zero-order valence-corrected chi connectivity index (χ0v) is 15.9. The summed E-state index contributed by atoms with van der Waals surface area (Å²) in [6, 6.07) is 0.804. The lowest BCUT2D eigenvalue weighted by molar-refractivity contribution is -0.677. The van der Waals surface area contributed by atoms with E-state index in [1.807, 2.05) is 27.8 Å². The lowest BCUT2D eigenvalue weighted by Crippen LogP contribution is -2.46. The van der Waals surface area contributed by atoms with Crippen LogP contribution in [0.2, 0.25) is 6.04 Å². The molecular formula is C13H27BF4N2O3Si. The number of halogens is 4. The Hall–Kier alpha value is -0.908. The summed E-state index contributed by atoms with van der Waals surface area (Å²) >= 11 is 0. The lowest BCUT2D eigenvalue weighted by Gasteiger charge is -2.27. The normalized spacial score (nSPS) is 12.0. The van der Waals surface area contributed by atoms with Gasteiger partial charge in [0.1, 0.15) is 12.4 Å². The maximum absolute atomic E-state index is 9.75. The van der Waals surface area contributed by atoms with Gasteiger partial charge >= 0.3 is 16.1 Å². The number of aromatic nitrogens is 2. The number of aryl methyl sites for hydroxylation is 2. The first-order valence-corrected chi connectivity index (χ1v) is 9.82. The summed E-state index contributed by atoms with van der Waals surface area (Å²) < 4.78 is 60.9. The van der Waals surface area contributed by atoms with Gasteiger partial charge in [0.2, 0.25) is 0 Å². The van der Waals surface area contributed by atoms with E-state index in [9.17, 15) is 17.3 Å². The van der Waals surface area contributed by atoms with Crippen LogP contribution in [0.3, 0.4) is 0 Å². The molecule has 0 spiro atoms. The van der Waals surface area contributed by atoms with Crippen LogP contribution in [-0.2, 0) is 26.9 Å². The Morgan fingerprint density at radius 2 is 1.46 bits per heavy atom. The van der Waals surface area contributed by atoms with E-state index in [-0.39, 0.29) is 0 Å². The molecule has 1 aromatic rings. The molecule has 142 valence electrons. The van der Waals surface area contributed by atoms with Gasteiger partial charge < -0.3 is 30.5 Å². The summed E-state index contributed by atoms with van der Waals surface area (Å²) in [6.45, 7) is 10.8. The third-order valence-electron chi connectivity index (χ3n) is 3.15. The van der Waals surface area contributed by atoms with Crippen LogP contribution in [0, 0.1) is 6.92 Å². The molecule has 0 aliphatic carbocycles. The van der Waals surface area contributed by atoms with Crippen LogP contribution >= 0.6 is 0 Å². The van der Waals surface area contributed by atoms with Crippen molar-refractivity contribution in [1.29, 1.82) is 0 Å². The molecule has 0 radical (unpaired) electrons. The Labute approximate surface area is 142 Å². The molecule has 0 unspecified atom stereocenters. The average molecular weight is 374 g/mol. The fraction of sp³-hybridized carbons (Fsp3) is 0.769. The minimum Gasteiger partial charge on any atom is -0.418 e. The summed E-state index contributed by atoms with van der Waals surface area (Å²) in [6.07, 6.45) is 4.14. The highest BCUT2D eigenvalue weighted by Crippen LogP contribution is 2.17. The average Bonchev–Trinajstić information content (AvgIpc) is 2.76. The van der Waals surface area contributed by atoms with Gasteiger partial charge in [-0.2, -0.15) is 0 Å².